The van der Waals surface area contributed by atoms with Gasteiger partial charge in [0.25, 0.3) is 0 Å². The molecular formula is C14H22ClN3O2S. The third-order valence-electron chi connectivity index (χ3n) is 2.97. The molecule has 7 heteroatoms. The van der Waals surface area contributed by atoms with E-state index in [4.69, 9.17) is 11.0 Å². The monoisotopic (exact) mass is 331 g/mol. The van der Waals surface area contributed by atoms with Crippen LogP contribution in [0.1, 0.15) is 31.4 Å². The summed E-state index contributed by atoms with van der Waals surface area (Å²) in [6.07, 6.45) is 0.673. The Kier molecular flexibility index (Phi) is 7.90. The highest BCUT2D eigenvalue weighted by Gasteiger charge is 2.22. The van der Waals surface area contributed by atoms with Gasteiger partial charge in [0.1, 0.15) is 0 Å². The lowest BCUT2D eigenvalue weighted by Crippen LogP contribution is -2.41. The van der Waals surface area contributed by atoms with Gasteiger partial charge in [-0.1, -0.05) is 19.9 Å². The van der Waals surface area contributed by atoms with E-state index in [9.17, 15) is 8.42 Å². The van der Waals surface area contributed by atoms with E-state index in [1.807, 2.05) is 19.9 Å². The first-order chi connectivity index (χ1) is 9.30. The minimum absolute atomic E-state index is 0. The molecule has 118 valence electrons. The highest BCUT2D eigenvalue weighted by molar-refractivity contribution is 7.89. The van der Waals surface area contributed by atoms with Crippen LogP contribution in [-0.2, 0) is 10.0 Å². The third kappa shape index (κ3) is 5.64. The van der Waals surface area contributed by atoms with E-state index < -0.39 is 10.0 Å². The number of sulfonamides is 1. The minimum Gasteiger partial charge on any atom is -0.329 e. The second-order valence-electron chi connectivity index (χ2n) is 5.28. The molecule has 1 aromatic carbocycles. The van der Waals surface area contributed by atoms with Crippen LogP contribution in [0.3, 0.4) is 0 Å². The summed E-state index contributed by atoms with van der Waals surface area (Å²) in [6.45, 7) is 5.97. The molecular weight excluding hydrogens is 310 g/mol. The van der Waals surface area contributed by atoms with Gasteiger partial charge in [-0.15, -0.1) is 12.4 Å². The van der Waals surface area contributed by atoms with Crippen molar-refractivity contribution < 1.29 is 8.42 Å². The van der Waals surface area contributed by atoms with E-state index in [0.717, 1.165) is 0 Å². The van der Waals surface area contributed by atoms with Gasteiger partial charge in [0.15, 0.2) is 0 Å². The number of benzene rings is 1. The normalized spacial score (nSPS) is 12.6. The molecule has 0 fully saturated rings. The third-order valence-corrected chi connectivity index (χ3v) is 4.63. The van der Waals surface area contributed by atoms with Crippen molar-refractivity contribution in [2.24, 2.45) is 11.7 Å². The number of nitriles is 1. The van der Waals surface area contributed by atoms with Gasteiger partial charge in [-0.3, -0.25) is 0 Å². The number of halogens is 1. The smallest absolute Gasteiger partial charge is 0.241 e. The van der Waals surface area contributed by atoms with E-state index in [-0.39, 0.29) is 29.9 Å². The summed E-state index contributed by atoms with van der Waals surface area (Å²) in [5.41, 5.74) is 6.55. The standard InChI is InChI=1S/C14H21N3O2S.ClH/c1-10(2)6-13(9-16)17-20(18,19)14-7-12(8-15)5-4-11(14)3;/h4-5,7,10,13,17H,6,9,16H2,1-3H3;1H. The summed E-state index contributed by atoms with van der Waals surface area (Å²) >= 11 is 0. The minimum atomic E-state index is -3.66. The van der Waals surface area contributed by atoms with Gasteiger partial charge in [-0.25, -0.2) is 13.1 Å². The van der Waals surface area contributed by atoms with Crippen molar-refractivity contribution in [3.8, 4) is 6.07 Å². The largest absolute Gasteiger partial charge is 0.329 e. The van der Waals surface area contributed by atoms with Crippen LogP contribution < -0.4 is 10.5 Å². The zero-order valence-corrected chi connectivity index (χ0v) is 14.1. The Bertz CT molecular complexity index is 609. The highest BCUT2D eigenvalue weighted by atomic mass is 35.5. The lowest BCUT2D eigenvalue weighted by molar-refractivity contribution is 0.465. The van der Waals surface area contributed by atoms with Crippen molar-refractivity contribution in [2.75, 3.05) is 6.54 Å². The van der Waals surface area contributed by atoms with Crippen LogP contribution in [0.15, 0.2) is 23.1 Å². The Hall–Kier alpha value is -1.13. The Balaban J connectivity index is 0.00000400. The van der Waals surface area contributed by atoms with Crippen molar-refractivity contribution in [3.05, 3.63) is 29.3 Å². The summed E-state index contributed by atoms with van der Waals surface area (Å²) in [7, 11) is -3.66. The fourth-order valence-electron chi connectivity index (χ4n) is 2.00. The molecule has 3 N–H and O–H groups in total. The maximum absolute atomic E-state index is 12.4. The van der Waals surface area contributed by atoms with Crippen molar-refractivity contribution in [3.63, 3.8) is 0 Å². The number of aryl methyl sites for hydroxylation is 1. The molecule has 0 radical (unpaired) electrons. The molecule has 0 aliphatic heterocycles. The number of hydrogen-bond acceptors (Lipinski definition) is 4. The number of nitrogens with zero attached hydrogens (tertiary/aromatic N) is 1. The number of nitrogens with two attached hydrogens (primary N) is 1. The van der Waals surface area contributed by atoms with Crippen LogP contribution in [0.5, 0.6) is 0 Å². The molecule has 1 aromatic rings. The molecule has 0 heterocycles. The van der Waals surface area contributed by atoms with Gasteiger partial charge in [0, 0.05) is 12.6 Å². The summed E-state index contributed by atoms with van der Waals surface area (Å²) in [5, 5.41) is 8.88. The van der Waals surface area contributed by atoms with Gasteiger partial charge in [0.05, 0.1) is 16.5 Å². The maximum atomic E-state index is 12.4. The van der Waals surface area contributed by atoms with Gasteiger partial charge < -0.3 is 5.73 Å². The zero-order valence-electron chi connectivity index (χ0n) is 12.5. The maximum Gasteiger partial charge on any atom is 0.241 e. The molecule has 1 atom stereocenters. The van der Waals surface area contributed by atoms with Crippen LogP contribution in [0.4, 0.5) is 0 Å². The van der Waals surface area contributed by atoms with Gasteiger partial charge >= 0.3 is 0 Å². The Morgan fingerprint density at radius 1 is 1.38 bits per heavy atom. The van der Waals surface area contributed by atoms with Crippen LogP contribution in [0, 0.1) is 24.2 Å². The van der Waals surface area contributed by atoms with Crippen molar-refractivity contribution >= 4 is 22.4 Å². The molecule has 0 saturated carbocycles. The molecule has 0 saturated heterocycles. The molecule has 0 aliphatic rings. The fourth-order valence-corrected chi connectivity index (χ4v) is 3.54. The molecule has 0 amide bonds. The number of hydrogen-bond donors (Lipinski definition) is 2. The zero-order chi connectivity index (χ0) is 15.3. The molecule has 0 spiro atoms. The summed E-state index contributed by atoms with van der Waals surface area (Å²) in [6, 6.07) is 6.27. The quantitative estimate of drug-likeness (QED) is 0.832. The molecule has 1 unspecified atom stereocenters. The van der Waals surface area contributed by atoms with Crippen LogP contribution in [0.25, 0.3) is 0 Å². The molecule has 5 nitrogen and oxygen atoms in total. The van der Waals surface area contributed by atoms with Crippen LogP contribution in [-0.4, -0.2) is 21.0 Å². The topological polar surface area (TPSA) is 96.0 Å². The number of rotatable bonds is 6. The first kappa shape index (κ1) is 19.9. The van der Waals surface area contributed by atoms with Crippen molar-refractivity contribution in [1.82, 2.24) is 4.72 Å². The van der Waals surface area contributed by atoms with E-state index >= 15 is 0 Å². The van der Waals surface area contributed by atoms with E-state index in [1.54, 1.807) is 19.1 Å². The Morgan fingerprint density at radius 3 is 2.48 bits per heavy atom. The molecule has 0 aromatic heterocycles. The second kappa shape index (κ2) is 8.35. The van der Waals surface area contributed by atoms with Gasteiger partial charge in [-0.2, -0.15) is 5.26 Å². The molecule has 21 heavy (non-hydrogen) atoms. The molecule has 1 rings (SSSR count). The fraction of sp³-hybridized carbons (Fsp3) is 0.500. The Morgan fingerprint density at radius 2 is 2.00 bits per heavy atom. The van der Waals surface area contributed by atoms with Crippen molar-refractivity contribution in [1.29, 1.82) is 5.26 Å². The first-order valence-corrected chi connectivity index (χ1v) is 8.01. The lowest BCUT2D eigenvalue weighted by atomic mass is 10.1. The second-order valence-corrected chi connectivity index (χ2v) is 6.96. The SMILES string of the molecule is Cc1ccc(C#N)cc1S(=O)(=O)NC(CN)CC(C)C.Cl. The van der Waals surface area contributed by atoms with Gasteiger partial charge in [-0.05, 0) is 37.0 Å². The average Bonchev–Trinajstić information content (AvgIpc) is 2.37. The first-order valence-electron chi connectivity index (χ1n) is 6.53. The highest BCUT2D eigenvalue weighted by Crippen LogP contribution is 2.18. The summed E-state index contributed by atoms with van der Waals surface area (Å²) in [5.74, 6) is 0.345. The average molecular weight is 332 g/mol. The van der Waals surface area contributed by atoms with Gasteiger partial charge in [0.2, 0.25) is 10.0 Å². The van der Waals surface area contributed by atoms with E-state index in [2.05, 4.69) is 4.72 Å². The Labute approximate surface area is 133 Å². The van der Waals surface area contributed by atoms with E-state index in [0.29, 0.717) is 23.5 Å². The predicted octanol–water partition coefficient (Wildman–Crippen LogP) is 1.94. The van der Waals surface area contributed by atoms with Crippen LogP contribution >= 0.6 is 12.4 Å². The van der Waals surface area contributed by atoms with E-state index in [1.165, 1.54) is 6.07 Å². The summed E-state index contributed by atoms with van der Waals surface area (Å²) < 4.78 is 27.4. The van der Waals surface area contributed by atoms with Crippen LogP contribution in [0.2, 0.25) is 0 Å². The summed E-state index contributed by atoms with van der Waals surface area (Å²) in [4.78, 5) is 0.138. The number of nitrogens with one attached hydrogen (secondary N) is 1. The molecule has 0 bridgehead atoms. The van der Waals surface area contributed by atoms with Crippen molar-refractivity contribution in [2.45, 2.75) is 38.1 Å². The lowest BCUT2D eigenvalue weighted by Gasteiger charge is -2.19. The predicted molar refractivity (Wildman–Crippen MR) is 85.8 cm³/mol. The molecule has 0 aliphatic carbocycles.